The normalized spacial score (nSPS) is 17.3. The molecule has 214 valence electrons. The monoisotopic (exact) mass is 564 g/mol. The average Bonchev–Trinajstić information content (AvgIpc) is 3.60. The van der Waals surface area contributed by atoms with Crippen LogP contribution in [0.5, 0.6) is 11.5 Å². The van der Waals surface area contributed by atoms with Gasteiger partial charge >= 0.3 is 6.03 Å². The quantitative estimate of drug-likeness (QED) is 0.395. The molecule has 2 aromatic carbocycles. The number of amides is 4. The predicted molar refractivity (Wildman–Crippen MR) is 148 cm³/mol. The van der Waals surface area contributed by atoms with Crippen molar-refractivity contribution >= 4 is 35.0 Å². The van der Waals surface area contributed by atoms with Crippen molar-refractivity contribution in [1.29, 1.82) is 0 Å². The Morgan fingerprint density at radius 3 is 2.37 bits per heavy atom. The minimum absolute atomic E-state index is 0.114. The van der Waals surface area contributed by atoms with Crippen molar-refractivity contribution in [2.75, 3.05) is 37.4 Å². The lowest BCUT2D eigenvalue weighted by Gasteiger charge is -2.26. The van der Waals surface area contributed by atoms with Crippen LogP contribution in [-0.2, 0) is 9.59 Å². The molecule has 1 aliphatic carbocycles. The summed E-state index contributed by atoms with van der Waals surface area (Å²) >= 11 is 0. The van der Waals surface area contributed by atoms with Gasteiger partial charge in [0, 0.05) is 43.1 Å². The first-order valence-electron chi connectivity index (χ1n) is 13.1. The Hall–Kier alpha value is -4.58. The number of rotatable bonds is 8. The third kappa shape index (κ3) is 5.82. The number of likely N-dealkylation sites (tertiary alicyclic amines) is 1. The second-order valence-electron chi connectivity index (χ2n) is 10.4. The van der Waals surface area contributed by atoms with Gasteiger partial charge in [0.25, 0.3) is 0 Å². The number of urea groups is 1. The fraction of sp³-hybridized carbons (Fsp3) is 0.310. The van der Waals surface area contributed by atoms with E-state index in [0.29, 0.717) is 13.1 Å². The van der Waals surface area contributed by atoms with E-state index in [1.54, 1.807) is 4.90 Å². The Bertz CT molecular complexity index is 1480. The van der Waals surface area contributed by atoms with E-state index in [1.807, 2.05) is 14.1 Å². The van der Waals surface area contributed by atoms with E-state index in [-0.39, 0.29) is 53.6 Å². The van der Waals surface area contributed by atoms with Crippen LogP contribution in [0.1, 0.15) is 19.3 Å². The van der Waals surface area contributed by atoms with Gasteiger partial charge in [-0.3, -0.25) is 19.8 Å². The minimum atomic E-state index is -1.39. The zero-order valence-electron chi connectivity index (χ0n) is 22.6. The number of primary amides is 1. The number of carbonyl (C=O) groups is 3. The van der Waals surface area contributed by atoms with Crippen LogP contribution in [0, 0.1) is 17.0 Å². The number of anilines is 3. The van der Waals surface area contributed by atoms with E-state index < -0.39 is 28.9 Å². The molecule has 3 N–H and O–H groups in total. The van der Waals surface area contributed by atoms with Crippen molar-refractivity contribution < 1.29 is 27.9 Å². The molecule has 1 saturated heterocycles. The highest BCUT2D eigenvalue weighted by molar-refractivity contribution is 6.16. The summed E-state index contributed by atoms with van der Waals surface area (Å²) in [5, 5.41) is 2.75. The molecular formula is C29H30F2N6O4. The van der Waals surface area contributed by atoms with E-state index in [0.717, 1.165) is 29.5 Å². The van der Waals surface area contributed by atoms with Crippen molar-refractivity contribution in [3.8, 4) is 11.5 Å². The summed E-state index contributed by atoms with van der Waals surface area (Å²) in [4.78, 5) is 47.3. The fourth-order valence-electron chi connectivity index (χ4n) is 4.80. The highest BCUT2D eigenvalue weighted by atomic mass is 19.1. The van der Waals surface area contributed by atoms with Crippen LogP contribution < -0.4 is 20.7 Å². The predicted octanol–water partition coefficient (Wildman–Crippen LogP) is 4.25. The molecular weight excluding hydrogens is 534 g/mol. The first kappa shape index (κ1) is 28.0. The first-order chi connectivity index (χ1) is 19.6. The van der Waals surface area contributed by atoms with Crippen LogP contribution in [0.3, 0.4) is 0 Å². The maximum absolute atomic E-state index is 15.3. The lowest BCUT2D eigenvalue weighted by Crippen LogP contribution is -2.41. The molecule has 3 aromatic rings. The van der Waals surface area contributed by atoms with Gasteiger partial charge in [0.1, 0.15) is 22.8 Å². The van der Waals surface area contributed by atoms with Crippen LogP contribution in [0.2, 0.25) is 0 Å². The number of carbonyl (C=O) groups excluding carboxylic acids is 3. The van der Waals surface area contributed by atoms with Gasteiger partial charge in [-0.2, -0.15) is 0 Å². The van der Waals surface area contributed by atoms with Crippen molar-refractivity contribution in [3.05, 3.63) is 72.4 Å². The molecule has 1 atom stereocenters. The molecule has 12 heteroatoms. The van der Waals surface area contributed by atoms with Gasteiger partial charge in [0.15, 0.2) is 11.6 Å². The second-order valence-corrected chi connectivity index (χ2v) is 10.4. The molecule has 0 radical (unpaired) electrons. The van der Waals surface area contributed by atoms with Gasteiger partial charge in [-0.05, 0) is 75.8 Å². The van der Waals surface area contributed by atoms with Crippen LogP contribution >= 0.6 is 0 Å². The molecule has 1 aliphatic heterocycles. The van der Waals surface area contributed by atoms with Gasteiger partial charge in [0.2, 0.25) is 11.8 Å². The molecule has 1 saturated carbocycles. The van der Waals surface area contributed by atoms with Crippen LogP contribution in [0.15, 0.2) is 60.8 Å². The molecule has 0 spiro atoms. The minimum Gasteiger partial charge on any atom is -0.454 e. The van der Waals surface area contributed by atoms with Crippen molar-refractivity contribution in [2.45, 2.75) is 25.3 Å². The van der Waals surface area contributed by atoms with Crippen molar-refractivity contribution in [3.63, 3.8) is 0 Å². The zero-order chi connectivity index (χ0) is 29.3. The number of aromatic nitrogens is 1. The van der Waals surface area contributed by atoms with E-state index in [4.69, 9.17) is 10.5 Å². The molecule has 4 amide bonds. The van der Waals surface area contributed by atoms with Gasteiger partial charge in [-0.1, -0.05) is 0 Å². The summed E-state index contributed by atoms with van der Waals surface area (Å²) in [6.45, 7) is 1.23. The van der Waals surface area contributed by atoms with Crippen molar-refractivity contribution in [2.24, 2.45) is 11.1 Å². The third-order valence-corrected chi connectivity index (χ3v) is 7.47. The fourth-order valence-corrected chi connectivity index (χ4v) is 4.80. The van der Waals surface area contributed by atoms with Gasteiger partial charge in [-0.25, -0.2) is 18.6 Å². The third-order valence-electron chi connectivity index (χ3n) is 7.47. The highest BCUT2D eigenvalue weighted by Crippen LogP contribution is 2.49. The molecule has 5 rings (SSSR count). The number of hydrogen-bond acceptors (Lipinski definition) is 6. The molecule has 2 fully saturated rings. The number of nitrogens with one attached hydrogen (secondary N) is 1. The summed E-state index contributed by atoms with van der Waals surface area (Å²) in [7, 11) is 3.95. The number of hydrogen-bond donors (Lipinski definition) is 2. The van der Waals surface area contributed by atoms with E-state index >= 15 is 4.39 Å². The molecule has 2 aliphatic rings. The SMILES string of the molecule is CN(C)[C@@H]1CCN(C(=O)Nc2cc(Oc3ccc(N(C(=O)C4(C(N)=O)CC4)c4ccc(F)cc4)cc3F)ccn2)C1. The van der Waals surface area contributed by atoms with Crippen LogP contribution in [-0.4, -0.2) is 65.9 Å². The van der Waals surface area contributed by atoms with Crippen LogP contribution in [0.4, 0.5) is 30.8 Å². The largest absolute Gasteiger partial charge is 0.454 e. The number of halogens is 2. The Labute approximate surface area is 235 Å². The Balaban J connectivity index is 1.34. The smallest absolute Gasteiger partial charge is 0.323 e. The lowest BCUT2D eigenvalue weighted by atomic mass is 10.0. The molecule has 0 unspecified atom stereocenters. The zero-order valence-corrected chi connectivity index (χ0v) is 22.6. The Kier molecular flexibility index (Phi) is 7.59. The topological polar surface area (TPSA) is 121 Å². The molecule has 0 bridgehead atoms. The average molecular weight is 565 g/mol. The standard InChI is InChI=1S/C29H30F2N6O4/c1-35(2)21-10-14-36(17-21)28(40)34-25-16-22(9-13-33-25)41-24-8-7-20(15-23(24)31)37(19-5-3-18(30)4-6-19)27(39)29(11-12-29)26(32)38/h3-9,13,15-16,21H,10-12,14,17H2,1-2H3,(H2,32,38)(H,33,34,40)/t21-/m1/s1. The maximum atomic E-state index is 15.3. The maximum Gasteiger partial charge on any atom is 0.323 e. The Morgan fingerprint density at radius 1 is 1.05 bits per heavy atom. The second kappa shape index (κ2) is 11.1. The number of ether oxygens (including phenoxy) is 1. The van der Waals surface area contributed by atoms with Gasteiger partial charge in [0.05, 0.1) is 5.69 Å². The number of nitrogens with zero attached hydrogens (tertiary/aromatic N) is 4. The summed E-state index contributed by atoms with van der Waals surface area (Å²) < 4.78 is 34.6. The number of pyridine rings is 1. The summed E-state index contributed by atoms with van der Waals surface area (Å²) in [5.41, 5.74) is 4.49. The Morgan fingerprint density at radius 2 is 1.76 bits per heavy atom. The van der Waals surface area contributed by atoms with E-state index in [1.165, 1.54) is 42.6 Å². The van der Waals surface area contributed by atoms with E-state index in [9.17, 15) is 18.8 Å². The number of benzene rings is 2. The summed E-state index contributed by atoms with van der Waals surface area (Å²) in [5.74, 6) is -2.36. The van der Waals surface area contributed by atoms with Gasteiger partial charge < -0.3 is 20.3 Å². The number of likely N-dealkylation sites (N-methyl/N-ethyl adjacent to an activating group) is 1. The van der Waals surface area contributed by atoms with Crippen molar-refractivity contribution in [1.82, 2.24) is 14.8 Å². The first-order valence-corrected chi connectivity index (χ1v) is 13.1. The molecule has 10 nitrogen and oxygen atoms in total. The molecule has 1 aromatic heterocycles. The summed E-state index contributed by atoms with van der Waals surface area (Å²) in [6.07, 6.45) is 2.85. The molecule has 2 heterocycles. The molecule has 41 heavy (non-hydrogen) atoms. The van der Waals surface area contributed by atoms with Crippen LogP contribution in [0.25, 0.3) is 0 Å². The highest BCUT2D eigenvalue weighted by Gasteiger charge is 2.57. The number of nitrogens with two attached hydrogens (primary N) is 1. The lowest BCUT2D eigenvalue weighted by molar-refractivity contribution is -0.133. The van der Waals surface area contributed by atoms with Gasteiger partial charge in [-0.15, -0.1) is 0 Å². The van der Waals surface area contributed by atoms with E-state index in [2.05, 4.69) is 15.2 Å². The summed E-state index contributed by atoms with van der Waals surface area (Å²) in [6, 6.07) is 11.9.